The summed E-state index contributed by atoms with van der Waals surface area (Å²) in [5, 5.41) is 6.09. The number of ether oxygens (including phenoxy) is 2. The maximum atomic E-state index is 12.0. The third-order valence-corrected chi connectivity index (χ3v) is 4.62. The van der Waals surface area contributed by atoms with Crippen molar-refractivity contribution in [1.82, 2.24) is 10.6 Å². The van der Waals surface area contributed by atoms with Crippen LogP contribution in [0.5, 0.6) is 11.5 Å². The maximum Gasteiger partial charge on any atom is 0.251 e. The van der Waals surface area contributed by atoms with Crippen molar-refractivity contribution in [2.45, 2.75) is 0 Å². The van der Waals surface area contributed by atoms with Gasteiger partial charge in [-0.05, 0) is 42.0 Å². The number of nitrogens with one attached hydrogen (secondary N) is 2. The van der Waals surface area contributed by atoms with Gasteiger partial charge in [0.15, 0.2) is 11.5 Å². The predicted octanol–water partition coefficient (Wildman–Crippen LogP) is 3.32. The molecule has 0 aliphatic carbocycles. The molecule has 8 heteroatoms. The summed E-state index contributed by atoms with van der Waals surface area (Å²) in [7, 11) is 0. The molecule has 0 aromatic heterocycles. The van der Waals surface area contributed by atoms with Crippen LogP contribution in [0.2, 0.25) is 10.0 Å². The van der Waals surface area contributed by atoms with E-state index in [0.717, 1.165) is 5.56 Å². The Morgan fingerprint density at radius 2 is 1.68 bits per heavy atom. The predicted molar refractivity (Wildman–Crippen MR) is 108 cm³/mol. The fourth-order valence-corrected chi connectivity index (χ4v) is 2.79. The number of benzene rings is 2. The molecule has 0 unspecified atom stereocenters. The molecule has 0 bridgehead atoms. The molecule has 0 spiro atoms. The molecule has 2 amide bonds. The summed E-state index contributed by atoms with van der Waals surface area (Å²) in [6.07, 6.45) is 3.11. The first-order valence-electron chi connectivity index (χ1n) is 8.62. The van der Waals surface area contributed by atoms with Gasteiger partial charge in [0, 0.05) is 24.7 Å². The zero-order valence-electron chi connectivity index (χ0n) is 14.8. The van der Waals surface area contributed by atoms with Crippen LogP contribution < -0.4 is 20.1 Å². The van der Waals surface area contributed by atoms with E-state index in [1.165, 1.54) is 12.1 Å². The molecular weight excluding hydrogens is 403 g/mol. The molecule has 0 atom stereocenters. The molecule has 0 saturated heterocycles. The van der Waals surface area contributed by atoms with Crippen LogP contribution in [-0.4, -0.2) is 38.1 Å². The minimum absolute atomic E-state index is 0.265. The zero-order chi connectivity index (χ0) is 19.9. The molecular formula is C20H18Cl2N2O4. The molecule has 28 heavy (non-hydrogen) atoms. The van der Waals surface area contributed by atoms with E-state index in [4.69, 9.17) is 32.7 Å². The van der Waals surface area contributed by atoms with Gasteiger partial charge in [-0.2, -0.15) is 0 Å². The SMILES string of the molecule is O=C(/C=C/c1ccc2c(c1)OCCO2)NCCNC(=O)c1ccc(Cl)c(Cl)c1. The van der Waals surface area contributed by atoms with Crippen LogP contribution in [0.15, 0.2) is 42.5 Å². The average Bonchev–Trinajstić information content (AvgIpc) is 2.71. The van der Waals surface area contributed by atoms with Crippen molar-refractivity contribution in [1.29, 1.82) is 0 Å². The van der Waals surface area contributed by atoms with Crippen molar-refractivity contribution in [2.75, 3.05) is 26.3 Å². The first kappa shape index (κ1) is 20.0. The van der Waals surface area contributed by atoms with E-state index in [1.807, 2.05) is 18.2 Å². The molecule has 1 heterocycles. The number of carbonyl (C=O) groups excluding carboxylic acids is 2. The molecule has 2 aromatic rings. The highest BCUT2D eigenvalue weighted by atomic mass is 35.5. The van der Waals surface area contributed by atoms with Gasteiger partial charge in [-0.1, -0.05) is 29.3 Å². The topological polar surface area (TPSA) is 76.7 Å². The van der Waals surface area contributed by atoms with Gasteiger partial charge in [0.1, 0.15) is 13.2 Å². The van der Waals surface area contributed by atoms with Gasteiger partial charge in [0.25, 0.3) is 5.91 Å². The van der Waals surface area contributed by atoms with Gasteiger partial charge in [0.05, 0.1) is 10.0 Å². The number of hydrogen-bond donors (Lipinski definition) is 2. The number of rotatable bonds is 6. The highest BCUT2D eigenvalue weighted by molar-refractivity contribution is 6.42. The summed E-state index contributed by atoms with van der Waals surface area (Å²) in [5.74, 6) is 0.808. The zero-order valence-corrected chi connectivity index (χ0v) is 16.3. The summed E-state index contributed by atoms with van der Waals surface area (Å²) in [6.45, 7) is 1.61. The largest absolute Gasteiger partial charge is 0.486 e. The summed E-state index contributed by atoms with van der Waals surface area (Å²) >= 11 is 11.7. The highest BCUT2D eigenvalue weighted by Gasteiger charge is 2.11. The summed E-state index contributed by atoms with van der Waals surface area (Å²) < 4.78 is 11.0. The van der Waals surface area contributed by atoms with E-state index in [0.29, 0.717) is 40.3 Å². The number of hydrogen-bond acceptors (Lipinski definition) is 4. The Morgan fingerprint density at radius 1 is 0.929 bits per heavy atom. The van der Waals surface area contributed by atoms with Crippen LogP contribution in [0, 0.1) is 0 Å². The van der Waals surface area contributed by atoms with Crippen LogP contribution in [-0.2, 0) is 4.79 Å². The van der Waals surface area contributed by atoms with Crippen molar-refractivity contribution in [3.8, 4) is 11.5 Å². The lowest BCUT2D eigenvalue weighted by Gasteiger charge is -2.18. The van der Waals surface area contributed by atoms with Gasteiger partial charge >= 0.3 is 0 Å². The fraction of sp³-hybridized carbons (Fsp3) is 0.200. The molecule has 0 saturated carbocycles. The van der Waals surface area contributed by atoms with Crippen molar-refractivity contribution in [3.05, 3.63) is 63.6 Å². The Balaban J connectivity index is 1.42. The van der Waals surface area contributed by atoms with E-state index in [2.05, 4.69) is 10.6 Å². The van der Waals surface area contributed by atoms with Crippen molar-refractivity contribution < 1.29 is 19.1 Å². The first-order chi connectivity index (χ1) is 13.5. The maximum absolute atomic E-state index is 12.0. The summed E-state index contributed by atoms with van der Waals surface area (Å²) in [4.78, 5) is 23.9. The van der Waals surface area contributed by atoms with Gasteiger partial charge in [-0.3, -0.25) is 9.59 Å². The molecule has 6 nitrogen and oxygen atoms in total. The van der Waals surface area contributed by atoms with E-state index in [-0.39, 0.29) is 24.9 Å². The van der Waals surface area contributed by atoms with Crippen LogP contribution >= 0.6 is 23.2 Å². The molecule has 0 radical (unpaired) electrons. The normalized spacial score (nSPS) is 12.6. The Bertz CT molecular complexity index is 915. The number of fused-ring (bicyclic) bond motifs is 1. The standard InChI is InChI=1S/C20H18Cl2N2O4/c21-15-4-3-14(12-16(15)22)20(26)24-8-7-23-19(25)6-2-13-1-5-17-18(11-13)28-10-9-27-17/h1-6,11-12H,7-10H2,(H,23,25)(H,24,26)/b6-2+. The monoisotopic (exact) mass is 420 g/mol. The summed E-state index contributed by atoms with van der Waals surface area (Å²) in [6, 6.07) is 10.1. The van der Waals surface area contributed by atoms with Crippen molar-refractivity contribution in [2.24, 2.45) is 0 Å². The van der Waals surface area contributed by atoms with E-state index in [1.54, 1.807) is 18.2 Å². The van der Waals surface area contributed by atoms with Crippen molar-refractivity contribution >= 4 is 41.1 Å². The molecule has 2 aromatic carbocycles. The third kappa shape index (κ3) is 5.41. The van der Waals surface area contributed by atoms with Gasteiger partial charge < -0.3 is 20.1 Å². The summed E-state index contributed by atoms with van der Waals surface area (Å²) in [5.41, 5.74) is 1.23. The Labute approximate surface area is 172 Å². The first-order valence-corrected chi connectivity index (χ1v) is 9.37. The average molecular weight is 421 g/mol. The quantitative estimate of drug-likeness (QED) is 0.554. The molecule has 0 fully saturated rings. The second-order valence-corrected chi connectivity index (χ2v) is 6.73. The van der Waals surface area contributed by atoms with Gasteiger partial charge in [0.2, 0.25) is 5.91 Å². The minimum Gasteiger partial charge on any atom is -0.486 e. The lowest BCUT2D eigenvalue weighted by Crippen LogP contribution is -2.34. The Kier molecular flexibility index (Phi) is 6.79. The molecule has 1 aliphatic rings. The molecule has 146 valence electrons. The lowest BCUT2D eigenvalue weighted by atomic mass is 10.2. The smallest absolute Gasteiger partial charge is 0.251 e. The van der Waals surface area contributed by atoms with Crippen LogP contribution in [0.3, 0.4) is 0 Å². The fourth-order valence-electron chi connectivity index (χ4n) is 2.50. The Hall–Kier alpha value is -2.70. The minimum atomic E-state index is -0.292. The van der Waals surface area contributed by atoms with Gasteiger partial charge in [-0.25, -0.2) is 0 Å². The van der Waals surface area contributed by atoms with Crippen LogP contribution in [0.1, 0.15) is 15.9 Å². The van der Waals surface area contributed by atoms with E-state index < -0.39 is 0 Å². The van der Waals surface area contributed by atoms with E-state index in [9.17, 15) is 9.59 Å². The molecule has 2 N–H and O–H groups in total. The van der Waals surface area contributed by atoms with Crippen LogP contribution in [0.4, 0.5) is 0 Å². The van der Waals surface area contributed by atoms with Crippen molar-refractivity contribution in [3.63, 3.8) is 0 Å². The number of halogens is 2. The highest BCUT2D eigenvalue weighted by Crippen LogP contribution is 2.31. The lowest BCUT2D eigenvalue weighted by molar-refractivity contribution is -0.116. The molecule has 1 aliphatic heterocycles. The number of carbonyl (C=O) groups is 2. The third-order valence-electron chi connectivity index (χ3n) is 3.88. The number of amides is 2. The molecule has 3 rings (SSSR count). The second kappa shape index (κ2) is 9.48. The van der Waals surface area contributed by atoms with Crippen LogP contribution in [0.25, 0.3) is 6.08 Å². The second-order valence-electron chi connectivity index (χ2n) is 5.91. The van der Waals surface area contributed by atoms with Gasteiger partial charge in [-0.15, -0.1) is 0 Å². The van der Waals surface area contributed by atoms with E-state index >= 15 is 0 Å². The Morgan fingerprint density at radius 3 is 2.46 bits per heavy atom.